The molecule has 0 spiro atoms. The lowest BCUT2D eigenvalue weighted by molar-refractivity contribution is -0.257. The highest BCUT2D eigenvalue weighted by atomic mass is 19.4. The van der Waals surface area contributed by atoms with Crippen LogP contribution in [-0.4, -0.2) is 44.2 Å². The van der Waals surface area contributed by atoms with Crippen LogP contribution in [0.3, 0.4) is 0 Å². The fourth-order valence-electron chi connectivity index (χ4n) is 2.52. The second-order valence-electron chi connectivity index (χ2n) is 6.70. The van der Waals surface area contributed by atoms with E-state index in [0.29, 0.717) is 0 Å². The quantitative estimate of drug-likeness (QED) is 0.529. The number of pyridine rings is 1. The van der Waals surface area contributed by atoms with E-state index in [1.165, 1.54) is 12.1 Å². The van der Waals surface area contributed by atoms with Gasteiger partial charge in [0.1, 0.15) is 0 Å². The molecule has 0 unspecified atom stereocenters. The van der Waals surface area contributed by atoms with E-state index in [2.05, 4.69) is 29.8 Å². The van der Waals surface area contributed by atoms with E-state index in [4.69, 9.17) is 0 Å². The molecule has 0 atom stereocenters. The summed E-state index contributed by atoms with van der Waals surface area (Å²) in [6, 6.07) is 3.50. The molecule has 1 saturated carbocycles. The van der Waals surface area contributed by atoms with Crippen LogP contribution in [0.5, 0.6) is 5.88 Å². The lowest BCUT2D eigenvalue weighted by Gasteiger charge is -2.14. The van der Waals surface area contributed by atoms with Gasteiger partial charge in [-0.1, -0.05) is 0 Å². The molecule has 0 aromatic carbocycles. The molecule has 3 heterocycles. The fourth-order valence-corrected chi connectivity index (χ4v) is 2.52. The highest BCUT2D eigenvalue weighted by Gasteiger charge is 2.41. The van der Waals surface area contributed by atoms with Crippen molar-refractivity contribution in [2.45, 2.75) is 25.1 Å². The van der Waals surface area contributed by atoms with E-state index in [9.17, 15) is 26.3 Å². The van der Waals surface area contributed by atoms with Crippen molar-refractivity contribution < 1.29 is 35.8 Å². The van der Waals surface area contributed by atoms with E-state index >= 15 is 0 Å². The minimum absolute atomic E-state index is 0.00186. The second kappa shape index (κ2) is 7.38. The van der Waals surface area contributed by atoms with Crippen LogP contribution in [0.4, 0.5) is 26.3 Å². The Morgan fingerprint density at radius 2 is 1.87 bits per heavy atom. The van der Waals surface area contributed by atoms with Gasteiger partial charge in [0.25, 0.3) is 11.7 Å². The van der Waals surface area contributed by atoms with Crippen molar-refractivity contribution in [3.8, 4) is 17.1 Å². The number of alkyl halides is 5. The number of hydrogen-bond acceptors (Lipinski definition) is 6. The maximum absolute atomic E-state index is 14.4. The number of fused-ring (bicyclic) bond motifs is 1. The van der Waals surface area contributed by atoms with Gasteiger partial charge in [-0.25, -0.2) is 9.37 Å². The third-order valence-corrected chi connectivity index (χ3v) is 4.20. The zero-order valence-corrected chi connectivity index (χ0v) is 15.0. The number of hydrogen-bond donors (Lipinski definition) is 0. The molecule has 13 heteroatoms. The first-order valence-corrected chi connectivity index (χ1v) is 8.72. The first kappa shape index (κ1) is 20.3. The van der Waals surface area contributed by atoms with Gasteiger partial charge in [-0.05, 0) is 37.0 Å². The summed E-state index contributed by atoms with van der Waals surface area (Å²) in [5, 5.41) is 11.0. The van der Waals surface area contributed by atoms with Crippen LogP contribution in [0.2, 0.25) is 0 Å². The maximum Gasteiger partial charge on any atom is 0.422 e. The largest absolute Gasteiger partial charge is 0.466 e. The number of rotatable bonds is 7. The van der Waals surface area contributed by atoms with Crippen LogP contribution in [0.15, 0.2) is 24.4 Å². The van der Waals surface area contributed by atoms with Crippen LogP contribution in [0.1, 0.15) is 18.7 Å². The van der Waals surface area contributed by atoms with E-state index < -0.39 is 36.4 Å². The highest BCUT2D eigenvalue weighted by molar-refractivity contribution is 5.59. The minimum Gasteiger partial charge on any atom is -0.466 e. The van der Waals surface area contributed by atoms with Crippen molar-refractivity contribution in [3.63, 3.8) is 0 Å². The number of aromatic nitrogens is 5. The normalized spacial score (nSPS) is 15.0. The first-order valence-electron chi connectivity index (χ1n) is 8.72. The van der Waals surface area contributed by atoms with Crippen LogP contribution >= 0.6 is 0 Å². The van der Waals surface area contributed by atoms with E-state index in [1.807, 2.05) is 0 Å². The van der Waals surface area contributed by atoms with Crippen LogP contribution in [0, 0.1) is 11.7 Å². The molecule has 7 nitrogen and oxygen atoms in total. The minimum atomic E-state index is -4.66. The van der Waals surface area contributed by atoms with Crippen molar-refractivity contribution in [2.75, 3.05) is 13.2 Å². The van der Waals surface area contributed by atoms with Gasteiger partial charge in [0.05, 0.1) is 12.3 Å². The summed E-state index contributed by atoms with van der Waals surface area (Å²) >= 11 is 0. The zero-order valence-electron chi connectivity index (χ0n) is 15.0. The first-order chi connectivity index (χ1) is 14.1. The molecule has 160 valence electrons. The van der Waals surface area contributed by atoms with Crippen molar-refractivity contribution in [1.82, 2.24) is 24.8 Å². The molecule has 0 bridgehead atoms. The molecule has 3 aromatic heterocycles. The molecule has 30 heavy (non-hydrogen) atoms. The molecule has 3 aromatic rings. The number of nitrogens with zero attached hydrogens (tertiary/aromatic N) is 5. The summed E-state index contributed by atoms with van der Waals surface area (Å²) in [5.74, 6) is -2.77. The van der Waals surface area contributed by atoms with Gasteiger partial charge in [-0.2, -0.15) is 31.6 Å². The van der Waals surface area contributed by atoms with Gasteiger partial charge in [-0.15, -0.1) is 10.2 Å². The van der Waals surface area contributed by atoms with Gasteiger partial charge in [0.2, 0.25) is 0 Å². The zero-order chi connectivity index (χ0) is 21.5. The summed E-state index contributed by atoms with van der Waals surface area (Å²) in [5.41, 5.74) is 0.0351. The van der Waals surface area contributed by atoms with Gasteiger partial charge in [-0.3, -0.25) is 0 Å². The van der Waals surface area contributed by atoms with E-state index in [1.54, 1.807) is 0 Å². The van der Waals surface area contributed by atoms with Crippen LogP contribution in [-0.2, 0) is 10.8 Å². The Morgan fingerprint density at radius 1 is 1.10 bits per heavy atom. The third kappa shape index (κ3) is 4.45. The number of ether oxygens (including phenoxy) is 2. The predicted octanol–water partition coefficient (Wildman–Crippen LogP) is 3.74. The van der Waals surface area contributed by atoms with Gasteiger partial charge >= 0.3 is 12.3 Å². The Morgan fingerprint density at radius 3 is 2.53 bits per heavy atom. The van der Waals surface area contributed by atoms with Crippen LogP contribution in [0.25, 0.3) is 16.9 Å². The van der Waals surface area contributed by atoms with Gasteiger partial charge in [0, 0.05) is 11.8 Å². The Bertz CT molecular complexity index is 1070. The van der Waals surface area contributed by atoms with E-state index in [-0.39, 0.29) is 29.4 Å². The molecule has 1 aliphatic carbocycles. The summed E-state index contributed by atoms with van der Waals surface area (Å²) in [4.78, 5) is 3.50. The van der Waals surface area contributed by atoms with Crippen molar-refractivity contribution >= 4 is 5.65 Å². The lowest BCUT2D eigenvalue weighted by atomic mass is 10.2. The summed E-state index contributed by atoms with van der Waals surface area (Å²) < 4.78 is 89.1. The summed E-state index contributed by atoms with van der Waals surface area (Å²) in [6.07, 6.45) is -5.75. The molecule has 0 amide bonds. The molecular weight excluding hydrogens is 420 g/mol. The Hall–Kier alpha value is -2.96. The standard InChI is InChI=1S/C17H13F6N5O2/c18-11-5-10(6-24-14(11)29-8-16(19,20)21)12-3-4-13-25-26-15(28(13)27-12)17(22,23)30-7-9-1-2-9/h3-6,9H,1-2,7-8H2. The van der Waals surface area contributed by atoms with Gasteiger partial charge in [0.15, 0.2) is 18.1 Å². The lowest BCUT2D eigenvalue weighted by Crippen LogP contribution is -2.23. The average molecular weight is 433 g/mol. The SMILES string of the molecule is Fc1cc(-c2ccc3nnc(C(F)(F)OCC4CC4)n3n2)cnc1OCC(F)(F)F. The number of halogens is 6. The van der Waals surface area contributed by atoms with Crippen molar-refractivity contribution in [3.05, 3.63) is 36.0 Å². The van der Waals surface area contributed by atoms with Crippen molar-refractivity contribution in [1.29, 1.82) is 0 Å². The Kier molecular flexibility index (Phi) is 5.00. The predicted molar refractivity (Wildman–Crippen MR) is 88.1 cm³/mol. The average Bonchev–Trinajstić information content (AvgIpc) is 3.41. The molecule has 0 aliphatic heterocycles. The van der Waals surface area contributed by atoms with E-state index in [0.717, 1.165) is 29.6 Å². The van der Waals surface area contributed by atoms with Crippen molar-refractivity contribution in [2.24, 2.45) is 5.92 Å². The molecule has 4 rings (SSSR count). The smallest absolute Gasteiger partial charge is 0.422 e. The molecule has 0 radical (unpaired) electrons. The molecule has 0 N–H and O–H groups in total. The van der Waals surface area contributed by atoms with Gasteiger partial charge < -0.3 is 9.47 Å². The second-order valence-corrected chi connectivity index (χ2v) is 6.70. The Labute approximate surface area is 164 Å². The maximum atomic E-state index is 14.4. The fraction of sp³-hybridized carbons (Fsp3) is 0.412. The summed E-state index contributed by atoms with van der Waals surface area (Å²) in [6.45, 7) is -1.84. The molecule has 1 fully saturated rings. The topological polar surface area (TPSA) is 74.4 Å². The monoisotopic (exact) mass is 433 g/mol. The molecule has 1 aliphatic rings. The van der Waals surface area contributed by atoms with Crippen LogP contribution < -0.4 is 4.74 Å². The third-order valence-electron chi connectivity index (χ3n) is 4.20. The molecule has 0 saturated heterocycles. The molecular formula is C17H13F6N5O2. The summed E-state index contributed by atoms with van der Waals surface area (Å²) in [7, 11) is 0. The Balaban J connectivity index is 1.60. The highest BCUT2D eigenvalue weighted by Crippen LogP contribution is 2.35.